The van der Waals surface area contributed by atoms with Crippen LogP contribution in [0, 0.1) is 6.92 Å². The van der Waals surface area contributed by atoms with E-state index in [9.17, 15) is 5.11 Å². The molecule has 1 aliphatic carbocycles. The third kappa shape index (κ3) is 4.34. The summed E-state index contributed by atoms with van der Waals surface area (Å²) in [4.78, 5) is 5.31. The van der Waals surface area contributed by atoms with Gasteiger partial charge in [-0.1, -0.05) is 43.5 Å². The molecule has 1 saturated carbocycles. The summed E-state index contributed by atoms with van der Waals surface area (Å²) in [6.45, 7) is 6.99. The van der Waals surface area contributed by atoms with Crippen LogP contribution >= 0.6 is 0 Å². The lowest BCUT2D eigenvalue weighted by Gasteiger charge is -2.45. The molecule has 1 heterocycles. The minimum Gasteiger partial charge on any atom is -0.396 e. The van der Waals surface area contributed by atoms with E-state index >= 15 is 0 Å². The molecule has 1 unspecified atom stereocenters. The van der Waals surface area contributed by atoms with E-state index in [4.69, 9.17) is 0 Å². The number of rotatable bonds is 5. The van der Waals surface area contributed by atoms with E-state index in [1.165, 1.54) is 49.8 Å². The van der Waals surface area contributed by atoms with Crippen molar-refractivity contribution in [3.63, 3.8) is 0 Å². The molecule has 1 aromatic carbocycles. The van der Waals surface area contributed by atoms with Crippen molar-refractivity contribution in [1.82, 2.24) is 9.80 Å². The Bertz CT molecular complexity index is 484. The highest BCUT2D eigenvalue weighted by molar-refractivity contribution is 5.25. The van der Waals surface area contributed by atoms with Gasteiger partial charge in [-0.3, -0.25) is 9.80 Å². The fourth-order valence-electron chi connectivity index (χ4n) is 4.33. The molecule has 3 nitrogen and oxygen atoms in total. The SMILES string of the molecule is Cc1ccccc1CN1CCN(C2CCCCC2)CC1CCO. The Balaban J connectivity index is 1.63. The average molecular weight is 316 g/mol. The van der Waals surface area contributed by atoms with Crippen molar-refractivity contribution in [1.29, 1.82) is 0 Å². The van der Waals surface area contributed by atoms with Crippen molar-refractivity contribution < 1.29 is 5.11 Å². The molecule has 1 aromatic rings. The van der Waals surface area contributed by atoms with Crippen molar-refractivity contribution in [3.05, 3.63) is 35.4 Å². The van der Waals surface area contributed by atoms with Gasteiger partial charge in [0.15, 0.2) is 0 Å². The van der Waals surface area contributed by atoms with Gasteiger partial charge in [-0.05, 0) is 37.3 Å². The molecule has 1 atom stereocenters. The number of aliphatic hydroxyl groups excluding tert-OH is 1. The number of aliphatic hydroxyl groups is 1. The van der Waals surface area contributed by atoms with Crippen LogP contribution in [-0.4, -0.2) is 53.2 Å². The first-order valence-electron chi connectivity index (χ1n) is 9.41. The molecule has 0 aromatic heterocycles. The molecule has 23 heavy (non-hydrogen) atoms. The van der Waals surface area contributed by atoms with E-state index < -0.39 is 0 Å². The van der Waals surface area contributed by atoms with Gasteiger partial charge < -0.3 is 5.11 Å². The van der Waals surface area contributed by atoms with Gasteiger partial charge in [0.25, 0.3) is 0 Å². The third-order valence-electron chi connectivity index (χ3n) is 5.82. The lowest BCUT2D eigenvalue weighted by Crippen LogP contribution is -2.56. The van der Waals surface area contributed by atoms with Crippen molar-refractivity contribution in [3.8, 4) is 0 Å². The maximum absolute atomic E-state index is 9.51. The predicted molar refractivity (Wildman–Crippen MR) is 95.5 cm³/mol. The molecule has 128 valence electrons. The minimum absolute atomic E-state index is 0.299. The zero-order chi connectivity index (χ0) is 16.1. The first-order valence-corrected chi connectivity index (χ1v) is 9.41. The largest absolute Gasteiger partial charge is 0.396 e. The van der Waals surface area contributed by atoms with Gasteiger partial charge in [0.1, 0.15) is 0 Å². The molecule has 0 radical (unpaired) electrons. The minimum atomic E-state index is 0.299. The summed E-state index contributed by atoms with van der Waals surface area (Å²) in [6.07, 6.45) is 7.88. The van der Waals surface area contributed by atoms with Crippen LogP contribution in [0.4, 0.5) is 0 Å². The van der Waals surface area contributed by atoms with Crippen LogP contribution in [0.1, 0.15) is 49.7 Å². The lowest BCUT2D eigenvalue weighted by atomic mass is 9.92. The molecule has 3 rings (SSSR count). The van der Waals surface area contributed by atoms with E-state index in [2.05, 4.69) is 41.0 Å². The first kappa shape index (κ1) is 16.9. The van der Waals surface area contributed by atoms with Crippen molar-refractivity contribution in [2.75, 3.05) is 26.2 Å². The number of hydrogen-bond donors (Lipinski definition) is 1. The van der Waals surface area contributed by atoms with Gasteiger partial charge >= 0.3 is 0 Å². The Morgan fingerprint density at radius 2 is 1.87 bits per heavy atom. The highest BCUT2D eigenvalue weighted by atomic mass is 16.3. The Hall–Kier alpha value is -0.900. The highest BCUT2D eigenvalue weighted by Crippen LogP contribution is 2.26. The Labute approximate surface area is 141 Å². The van der Waals surface area contributed by atoms with Gasteiger partial charge in [0.2, 0.25) is 0 Å². The zero-order valence-electron chi connectivity index (χ0n) is 14.6. The monoisotopic (exact) mass is 316 g/mol. The smallest absolute Gasteiger partial charge is 0.0446 e. The van der Waals surface area contributed by atoms with Crippen LogP contribution in [0.25, 0.3) is 0 Å². The normalized spacial score (nSPS) is 24.9. The Morgan fingerprint density at radius 3 is 2.61 bits per heavy atom. The van der Waals surface area contributed by atoms with Gasteiger partial charge in [-0.15, -0.1) is 0 Å². The zero-order valence-corrected chi connectivity index (χ0v) is 14.6. The second kappa shape index (κ2) is 8.27. The quantitative estimate of drug-likeness (QED) is 0.904. The summed E-state index contributed by atoms with van der Waals surface area (Å²) in [5.41, 5.74) is 2.81. The van der Waals surface area contributed by atoms with E-state index in [0.29, 0.717) is 12.6 Å². The standard InChI is InChI=1S/C20H32N2O/c1-17-7-5-6-8-18(17)15-21-12-13-22(16-20(21)11-14-23)19-9-3-2-4-10-19/h5-8,19-20,23H,2-4,9-16H2,1H3. The van der Waals surface area contributed by atoms with Crippen LogP contribution in [0.2, 0.25) is 0 Å². The van der Waals surface area contributed by atoms with Crippen LogP contribution < -0.4 is 0 Å². The van der Waals surface area contributed by atoms with E-state index in [-0.39, 0.29) is 0 Å². The molecule has 2 aliphatic rings. The predicted octanol–water partition coefficient (Wildman–Crippen LogP) is 3.20. The molecule has 1 N–H and O–H groups in total. The maximum Gasteiger partial charge on any atom is 0.0446 e. The average Bonchev–Trinajstić information content (AvgIpc) is 2.59. The molecule has 0 amide bonds. The second-order valence-corrected chi connectivity index (χ2v) is 7.35. The molecule has 0 spiro atoms. The summed E-state index contributed by atoms with van der Waals surface area (Å²) >= 11 is 0. The summed E-state index contributed by atoms with van der Waals surface area (Å²) in [7, 11) is 0. The molecule has 1 aliphatic heterocycles. The fraction of sp³-hybridized carbons (Fsp3) is 0.700. The first-order chi connectivity index (χ1) is 11.3. The second-order valence-electron chi connectivity index (χ2n) is 7.35. The van der Waals surface area contributed by atoms with Crippen molar-refractivity contribution in [2.45, 2.75) is 64.1 Å². The third-order valence-corrected chi connectivity index (χ3v) is 5.82. The molecular formula is C20H32N2O. The maximum atomic E-state index is 9.51. The van der Waals surface area contributed by atoms with E-state index in [0.717, 1.165) is 32.1 Å². The molecule has 2 fully saturated rings. The topological polar surface area (TPSA) is 26.7 Å². The van der Waals surface area contributed by atoms with E-state index in [1.54, 1.807) is 0 Å². The highest BCUT2D eigenvalue weighted by Gasteiger charge is 2.31. The Kier molecular flexibility index (Phi) is 6.09. The molecule has 3 heteroatoms. The van der Waals surface area contributed by atoms with Crippen LogP contribution in [0.3, 0.4) is 0 Å². The van der Waals surface area contributed by atoms with E-state index in [1.807, 2.05) is 0 Å². The number of benzene rings is 1. The summed E-state index contributed by atoms with van der Waals surface area (Å²) in [5, 5.41) is 9.51. The molecule has 1 saturated heterocycles. The number of nitrogens with zero attached hydrogens (tertiary/aromatic N) is 2. The van der Waals surface area contributed by atoms with Gasteiger partial charge in [-0.25, -0.2) is 0 Å². The number of piperazine rings is 1. The van der Waals surface area contributed by atoms with Crippen LogP contribution in [0.5, 0.6) is 0 Å². The van der Waals surface area contributed by atoms with Crippen LogP contribution in [-0.2, 0) is 6.54 Å². The summed E-state index contributed by atoms with van der Waals surface area (Å²) in [6, 6.07) is 10.0. The van der Waals surface area contributed by atoms with Gasteiger partial charge in [0, 0.05) is 44.9 Å². The lowest BCUT2D eigenvalue weighted by molar-refractivity contribution is 0.0221. The number of hydrogen-bond acceptors (Lipinski definition) is 3. The van der Waals surface area contributed by atoms with Crippen molar-refractivity contribution >= 4 is 0 Å². The van der Waals surface area contributed by atoms with Crippen molar-refractivity contribution in [2.24, 2.45) is 0 Å². The summed E-state index contributed by atoms with van der Waals surface area (Å²) < 4.78 is 0. The van der Waals surface area contributed by atoms with Gasteiger partial charge in [-0.2, -0.15) is 0 Å². The number of aryl methyl sites for hydroxylation is 1. The fourth-order valence-corrected chi connectivity index (χ4v) is 4.33. The Morgan fingerprint density at radius 1 is 1.09 bits per heavy atom. The molecule has 0 bridgehead atoms. The summed E-state index contributed by atoms with van der Waals surface area (Å²) in [5.74, 6) is 0. The van der Waals surface area contributed by atoms with Gasteiger partial charge in [0.05, 0.1) is 0 Å². The molecular weight excluding hydrogens is 284 g/mol. The van der Waals surface area contributed by atoms with Crippen LogP contribution in [0.15, 0.2) is 24.3 Å².